The molecule has 0 radical (unpaired) electrons. The average molecular weight is 458 g/mol. The SMILES string of the molecule is C=CCN=c1scc(-c2cc(OC)ccc2OC)n1N=Cc1cccc(Br)c1. The minimum Gasteiger partial charge on any atom is -0.497 e. The molecule has 0 bridgehead atoms. The molecule has 0 saturated carbocycles. The monoisotopic (exact) mass is 457 g/mol. The van der Waals surface area contributed by atoms with E-state index in [0.29, 0.717) is 6.54 Å². The van der Waals surface area contributed by atoms with Gasteiger partial charge >= 0.3 is 0 Å². The first kappa shape index (κ1) is 20.1. The van der Waals surface area contributed by atoms with Crippen molar-refractivity contribution in [2.75, 3.05) is 20.8 Å². The summed E-state index contributed by atoms with van der Waals surface area (Å²) in [5, 5.41) is 6.71. The number of nitrogens with zero attached hydrogens (tertiary/aromatic N) is 3. The van der Waals surface area contributed by atoms with Crippen molar-refractivity contribution >= 4 is 33.5 Å². The van der Waals surface area contributed by atoms with Gasteiger partial charge in [-0.3, -0.25) is 4.99 Å². The van der Waals surface area contributed by atoms with Crippen LogP contribution in [0.4, 0.5) is 0 Å². The average Bonchev–Trinajstić information content (AvgIpc) is 3.12. The number of hydrogen-bond acceptors (Lipinski definition) is 5. The summed E-state index contributed by atoms with van der Waals surface area (Å²) >= 11 is 5.00. The van der Waals surface area contributed by atoms with E-state index in [0.717, 1.165) is 37.6 Å². The number of halogens is 1. The van der Waals surface area contributed by atoms with Gasteiger partial charge in [-0.05, 0) is 35.9 Å². The lowest BCUT2D eigenvalue weighted by atomic mass is 10.1. The number of benzene rings is 2. The molecule has 5 nitrogen and oxygen atoms in total. The highest BCUT2D eigenvalue weighted by atomic mass is 79.9. The summed E-state index contributed by atoms with van der Waals surface area (Å²) < 4.78 is 13.8. The van der Waals surface area contributed by atoms with Crippen LogP contribution in [-0.2, 0) is 0 Å². The van der Waals surface area contributed by atoms with Gasteiger partial charge < -0.3 is 9.47 Å². The fourth-order valence-corrected chi connectivity index (χ4v) is 3.83. The van der Waals surface area contributed by atoms with E-state index < -0.39 is 0 Å². The van der Waals surface area contributed by atoms with Crippen molar-refractivity contribution in [3.05, 3.63) is 75.3 Å². The van der Waals surface area contributed by atoms with Gasteiger partial charge in [0.1, 0.15) is 11.5 Å². The molecule has 0 atom stereocenters. The molecule has 28 heavy (non-hydrogen) atoms. The van der Waals surface area contributed by atoms with Crippen LogP contribution in [0.1, 0.15) is 5.56 Å². The molecule has 0 N–H and O–H groups in total. The molecule has 0 amide bonds. The lowest BCUT2D eigenvalue weighted by Crippen LogP contribution is -2.12. The zero-order valence-electron chi connectivity index (χ0n) is 15.6. The minimum absolute atomic E-state index is 0.515. The van der Waals surface area contributed by atoms with Gasteiger partial charge in [-0.15, -0.1) is 17.9 Å². The molecule has 0 unspecified atom stereocenters. The highest BCUT2D eigenvalue weighted by Crippen LogP contribution is 2.33. The predicted molar refractivity (Wildman–Crippen MR) is 119 cm³/mol. The van der Waals surface area contributed by atoms with Gasteiger partial charge in [0.05, 0.1) is 32.7 Å². The number of methoxy groups -OCH3 is 2. The van der Waals surface area contributed by atoms with Crippen molar-refractivity contribution in [1.29, 1.82) is 0 Å². The van der Waals surface area contributed by atoms with E-state index in [2.05, 4.69) is 27.5 Å². The Balaban J connectivity index is 2.15. The molecule has 3 rings (SSSR count). The van der Waals surface area contributed by atoms with Gasteiger partial charge in [0, 0.05) is 15.4 Å². The quantitative estimate of drug-likeness (QED) is 0.371. The van der Waals surface area contributed by atoms with Crippen molar-refractivity contribution in [3.63, 3.8) is 0 Å². The standard InChI is InChI=1S/C21H20BrN3O2S/c1-4-10-23-21-25(24-13-15-6-5-7-16(22)11-15)19(14-28-21)18-12-17(26-2)8-9-20(18)27-3/h4-9,11-14H,1,10H2,2-3H3. The predicted octanol–water partition coefficient (Wildman–Crippen LogP) is 4.97. The van der Waals surface area contributed by atoms with E-state index in [1.54, 1.807) is 26.5 Å². The van der Waals surface area contributed by atoms with E-state index in [-0.39, 0.29) is 0 Å². The lowest BCUT2D eigenvalue weighted by molar-refractivity contribution is 0.404. The largest absolute Gasteiger partial charge is 0.497 e. The highest BCUT2D eigenvalue weighted by Gasteiger charge is 2.14. The Hall–Kier alpha value is -2.64. The van der Waals surface area contributed by atoms with E-state index in [9.17, 15) is 0 Å². The molecule has 0 fully saturated rings. The molecule has 2 aromatic carbocycles. The van der Waals surface area contributed by atoms with Crippen LogP contribution in [0.25, 0.3) is 11.3 Å². The normalized spacial score (nSPS) is 11.8. The summed E-state index contributed by atoms with van der Waals surface area (Å²) in [5.41, 5.74) is 2.73. The van der Waals surface area contributed by atoms with Crippen LogP contribution < -0.4 is 14.3 Å². The van der Waals surface area contributed by atoms with E-state index in [1.807, 2.05) is 52.5 Å². The Bertz CT molecular complexity index is 1070. The molecule has 3 aromatic rings. The fourth-order valence-electron chi connectivity index (χ4n) is 2.57. The Labute approximate surface area is 176 Å². The second-order valence-electron chi connectivity index (χ2n) is 5.71. The number of rotatable bonds is 7. The molecule has 0 aliphatic rings. The van der Waals surface area contributed by atoms with E-state index in [4.69, 9.17) is 14.6 Å². The van der Waals surface area contributed by atoms with Crippen LogP contribution in [0, 0.1) is 0 Å². The topological polar surface area (TPSA) is 48.1 Å². The number of thiazole rings is 1. The Morgan fingerprint density at radius 1 is 1.18 bits per heavy atom. The van der Waals surface area contributed by atoms with Crippen LogP contribution in [-0.4, -0.2) is 31.7 Å². The summed E-state index contributed by atoms with van der Waals surface area (Å²) in [6, 6.07) is 13.6. The Morgan fingerprint density at radius 3 is 2.75 bits per heavy atom. The van der Waals surface area contributed by atoms with Gasteiger partial charge in [0.2, 0.25) is 4.80 Å². The van der Waals surface area contributed by atoms with Crippen LogP contribution >= 0.6 is 27.3 Å². The third kappa shape index (κ3) is 4.61. The first-order chi connectivity index (χ1) is 13.7. The zero-order valence-corrected chi connectivity index (χ0v) is 18.0. The van der Waals surface area contributed by atoms with Crippen molar-refractivity contribution in [3.8, 4) is 22.8 Å². The van der Waals surface area contributed by atoms with Crippen molar-refractivity contribution in [2.45, 2.75) is 0 Å². The van der Waals surface area contributed by atoms with Gasteiger partial charge in [-0.1, -0.05) is 34.1 Å². The number of aromatic nitrogens is 1. The van der Waals surface area contributed by atoms with Gasteiger partial charge in [0.25, 0.3) is 0 Å². The molecule has 0 spiro atoms. The van der Waals surface area contributed by atoms with Crippen LogP contribution in [0.15, 0.2) is 75.1 Å². The second-order valence-corrected chi connectivity index (χ2v) is 7.46. The summed E-state index contributed by atoms with van der Waals surface area (Å²) in [7, 11) is 3.29. The maximum atomic E-state index is 5.55. The summed E-state index contributed by atoms with van der Waals surface area (Å²) in [4.78, 5) is 5.34. The van der Waals surface area contributed by atoms with Gasteiger partial charge in [0.15, 0.2) is 0 Å². The maximum absolute atomic E-state index is 5.55. The van der Waals surface area contributed by atoms with Crippen LogP contribution in [0.5, 0.6) is 11.5 Å². The molecule has 7 heteroatoms. The van der Waals surface area contributed by atoms with Crippen LogP contribution in [0.3, 0.4) is 0 Å². The molecule has 1 aromatic heterocycles. The third-order valence-corrected chi connectivity index (χ3v) is 5.24. The van der Waals surface area contributed by atoms with Gasteiger partial charge in [-0.25, -0.2) is 4.68 Å². The molecular weight excluding hydrogens is 438 g/mol. The molecule has 0 aliphatic heterocycles. The van der Waals surface area contributed by atoms with E-state index in [1.165, 1.54) is 11.3 Å². The summed E-state index contributed by atoms with van der Waals surface area (Å²) in [6.45, 7) is 4.26. The van der Waals surface area contributed by atoms with Crippen LogP contribution in [0.2, 0.25) is 0 Å². The second kappa shape index (κ2) is 9.52. The van der Waals surface area contributed by atoms with Crippen molar-refractivity contribution in [2.24, 2.45) is 10.1 Å². The highest BCUT2D eigenvalue weighted by molar-refractivity contribution is 9.10. The summed E-state index contributed by atoms with van der Waals surface area (Å²) in [6.07, 6.45) is 3.56. The lowest BCUT2D eigenvalue weighted by Gasteiger charge is -2.11. The van der Waals surface area contributed by atoms with Crippen molar-refractivity contribution in [1.82, 2.24) is 4.68 Å². The fraction of sp³-hybridized carbons (Fsp3) is 0.143. The Morgan fingerprint density at radius 2 is 2.04 bits per heavy atom. The van der Waals surface area contributed by atoms with Gasteiger partial charge in [-0.2, -0.15) is 5.10 Å². The summed E-state index contributed by atoms with van der Waals surface area (Å²) in [5.74, 6) is 1.48. The molecule has 0 saturated heterocycles. The third-order valence-electron chi connectivity index (χ3n) is 3.89. The molecule has 1 heterocycles. The number of ether oxygens (including phenoxy) is 2. The Kier molecular flexibility index (Phi) is 6.84. The molecule has 0 aliphatic carbocycles. The molecule has 144 valence electrons. The first-order valence-electron chi connectivity index (χ1n) is 8.50. The number of hydrogen-bond donors (Lipinski definition) is 0. The molecular formula is C21H20BrN3O2S. The zero-order chi connectivity index (χ0) is 19.9. The van der Waals surface area contributed by atoms with E-state index >= 15 is 0 Å². The van der Waals surface area contributed by atoms with Crippen molar-refractivity contribution < 1.29 is 9.47 Å². The smallest absolute Gasteiger partial charge is 0.206 e. The maximum Gasteiger partial charge on any atom is 0.206 e. The minimum atomic E-state index is 0.515. The first-order valence-corrected chi connectivity index (χ1v) is 10.2.